The first-order valence-corrected chi connectivity index (χ1v) is 8.01. The molecule has 1 aromatic carbocycles. The highest BCUT2D eigenvalue weighted by Gasteiger charge is 2.19. The maximum atomic E-state index is 11.6. The summed E-state index contributed by atoms with van der Waals surface area (Å²) in [6.07, 6.45) is 0. The van der Waals surface area contributed by atoms with Gasteiger partial charge in [0.15, 0.2) is 0 Å². The van der Waals surface area contributed by atoms with Gasteiger partial charge in [0.1, 0.15) is 0 Å². The molecular formula is C17H28N4O. The van der Waals surface area contributed by atoms with E-state index in [1.807, 2.05) is 0 Å². The average molecular weight is 304 g/mol. The van der Waals surface area contributed by atoms with Gasteiger partial charge in [0, 0.05) is 59.4 Å². The Bertz CT molecular complexity index is 455. The number of hydrogen-bond acceptors (Lipinski definition) is 3. The first kappa shape index (κ1) is 16.8. The van der Waals surface area contributed by atoms with E-state index in [4.69, 9.17) is 0 Å². The number of urea groups is 1. The van der Waals surface area contributed by atoms with Crippen LogP contribution < -0.4 is 5.32 Å². The predicted molar refractivity (Wildman–Crippen MR) is 89.8 cm³/mol. The molecule has 1 fully saturated rings. The van der Waals surface area contributed by atoms with E-state index in [1.54, 1.807) is 19.0 Å². The van der Waals surface area contributed by atoms with Gasteiger partial charge in [-0.2, -0.15) is 0 Å². The molecule has 0 spiro atoms. The number of carbonyl (C=O) groups is 1. The Morgan fingerprint density at radius 2 is 1.73 bits per heavy atom. The van der Waals surface area contributed by atoms with Gasteiger partial charge in [0.05, 0.1) is 0 Å². The first-order valence-electron chi connectivity index (χ1n) is 8.01. The molecule has 122 valence electrons. The third-order valence-electron chi connectivity index (χ3n) is 4.02. The molecule has 22 heavy (non-hydrogen) atoms. The minimum Gasteiger partial charge on any atom is -0.334 e. The molecule has 5 nitrogen and oxygen atoms in total. The zero-order valence-corrected chi connectivity index (χ0v) is 14.0. The largest absolute Gasteiger partial charge is 0.334 e. The van der Waals surface area contributed by atoms with Crippen molar-refractivity contribution in [2.24, 2.45) is 0 Å². The molecule has 0 saturated carbocycles. The summed E-state index contributed by atoms with van der Waals surface area (Å²) in [6, 6.07) is 10.8. The molecule has 1 atom stereocenters. The molecule has 1 aliphatic heterocycles. The number of nitrogens with one attached hydrogen (secondary N) is 1. The molecule has 1 N–H and O–H groups in total. The molecule has 0 unspecified atom stereocenters. The van der Waals surface area contributed by atoms with E-state index >= 15 is 0 Å². The van der Waals surface area contributed by atoms with Crippen LogP contribution >= 0.6 is 0 Å². The second kappa shape index (κ2) is 8.15. The Morgan fingerprint density at radius 3 is 2.32 bits per heavy atom. The molecule has 2 amide bonds. The van der Waals surface area contributed by atoms with Gasteiger partial charge in [0.2, 0.25) is 0 Å². The zero-order chi connectivity index (χ0) is 15.9. The van der Waals surface area contributed by atoms with Crippen molar-refractivity contribution in [2.75, 3.05) is 46.8 Å². The van der Waals surface area contributed by atoms with Crippen LogP contribution in [-0.2, 0) is 6.54 Å². The number of benzene rings is 1. The first-order chi connectivity index (χ1) is 10.5. The predicted octanol–water partition coefficient (Wildman–Crippen LogP) is 1.46. The topological polar surface area (TPSA) is 38.8 Å². The molecule has 1 aromatic rings. The smallest absolute Gasteiger partial charge is 0.317 e. The SMILES string of the molecule is C[C@@H](CN1CCN(Cc2ccccc2)CC1)NC(=O)N(C)C. The number of hydrogen-bond donors (Lipinski definition) is 1. The Hall–Kier alpha value is -1.59. The Balaban J connectivity index is 1.70. The van der Waals surface area contributed by atoms with Crippen LogP contribution in [-0.4, -0.2) is 73.6 Å². The van der Waals surface area contributed by atoms with Crippen molar-refractivity contribution >= 4 is 6.03 Å². The molecule has 0 radical (unpaired) electrons. The van der Waals surface area contributed by atoms with Crippen molar-refractivity contribution in [1.29, 1.82) is 0 Å². The lowest BCUT2D eigenvalue weighted by Crippen LogP contribution is -2.51. The van der Waals surface area contributed by atoms with Crippen LogP contribution in [0.1, 0.15) is 12.5 Å². The van der Waals surface area contributed by atoms with E-state index in [1.165, 1.54) is 5.56 Å². The van der Waals surface area contributed by atoms with E-state index in [9.17, 15) is 4.79 Å². The maximum Gasteiger partial charge on any atom is 0.317 e. The second-order valence-electron chi connectivity index (χ2n) is 6.31. The number of carbonyl (C=O) groups excluding carboxylic acids is 1. The molecule has 1 aliphatic rings. The van der Waals surface area contributed by atoms with Gasteiger partial charge in [-0.1, -0.05) is 30.3 Å². The Labute approximate surface area is 133 Å². The summed E-state index contributed by atoms with van der Waals surface area (Å²) in [6.45, 7) is 8.31. The van der Waals surface area contributed by atoms with Crippen molar-refractivity contribution in [3.8, 4) is 0 Å². The number of rotatable bonds is 5. The number of amides is 2. The van der Waals surface area contributed by atoms with Crippen LogP contribution in [0.25, 0.3) is 0 Å². The summed E-state index contributed by atoms with van der Waals surface area (Å²) in [7, 11) is 3.54. The molecule has 1 heterocycles. The third-order valence-corrected chi connectivity index (χ3v) is 4.02. The van der Waals surface area contributed by atoms with Crippen molar-refractivity contribution in [3.63, 3.8) is 0 Å². The van der Waals surface area contributed by atoms with Gasteiger partial charge in [-0.15, -0.1) is 0 Å². The fourth-order valence-electron chi connectivity index (χ4n) is 2.74. The van der Waals surface area contributed by atoms with Gasteiger partial charge in [0.25, 0.3) is 0 Å². The van der Waals surface area contributed by atoms with E-state index in [2.05, 4.69) is 52.4 Å². The van der Waals surface area contributed by atoms with E-state index in [0.29, 0.717) is 0 Å². The van der Waals surface area contributed by atoms with Gasteiger partial charge in [-0.25, -0.2) is 4.79 Å². The van der Waals surface area contributed by atoms with Crippen LogP contribution in [0.2, 0.25) is 0 Å². The third kappa shape index (κ3) is 5.31. The normalized spacial score (nSPS) is 18.0. The summed E-state index contributed by atoms with van der Waals surface area (Å²) >= 11 is 0. The number of nitrogens with zero attached hydrogens (tertiary/aromatic N) is 3. The van der Waals surface area contributed by atoms with E-state index in [-0.39, 0.29) is 12.1 Å². The van der Waals surface area contributed by atoms with E-state index < -0.39 is 0 Å². The highest BCUT2D eigenvalue weighted by molar-refractivity contribution is 5.73. The second-order valence-corrected chi connectivity index (χ2v) is 6.31. The molecule has 1 saturated heterocycles. The molecule has 2 rings (SSSR count). The van der Waals surface area contributed by atoms with Crippen LogP contribution in [0.15, 0.2) is 30.3 Å². The van der Waals surface area contributed by atoms with E-state index in [0.717, 1.165) is 39.3 Å². The molecule has 0 aliphatic carbocycles. The molecule has 0 bridgehead atoms. The Kier molecular flexibility index (Phi) is 6.21. The molecule has 5 heteroatoms. The van der Waals surface area contributed by atoms with Crippen LogP contribution in [0.4, 0.5) is 4.79 Å². The summed E-state index contributed by atoms with van der Waals surface area (Å²) < 4.78 is 0. The van der Waals surface area contributed by atoms with Crippen molar-refractivity contribution in [2.45, 2.75) is 19.5 Å². The fourth-order valence-corrected chi connectivity index (χ4v) is 2.74. The molecule has 0 aromatic heterocycles. The monoisotopic (exact) mass is 304 g/mol. The quantitative estimate of drug-likeness (QED) is 0.895. The minimum atomic E-state index is -0.0183. The van der Waals surface area contributed by atoms with Gasteiger partial charge in [-0.05, 0) is 12.5 Å². The maximum absolute atomic E-state index is 11.6. The highest BCUT2D eigenvalue weighted by atomic mass is 16.2. The summed E-state index contributed by atoms with van der Waals surface area (Å²) in [5.41, 5.74) is 1.38. The summed E-state index contributed by atoms with van der Waals surface area (Å²) in [5, 5.41) is 3.01. The number of piperazine rings is 1. The summed E-state index contributed by atoms with van der Waals surface area (Å²) in [5.74, 6) is 0. The Morgan fingerprint density at radius 1 is 1.14 bits per heavy atom. The minimum absolute atomic E-state index is 0.0183. The summed E-state index contributed by atoms with van der Waals surface area (Å²) in [4.78, 5) is 18.1. The molecular weight excluding hydrogens is 276 g/mol. The lowest BCUT2D eigenvalue weighted by atomic mass is 10.2. The van der Waals surface area contributed by atoms with Crippen LogP contribution in [0, 0.1) is 0 Å². The van der Waals surface area contributed by atoms with Crippen molar-refractivity contribution in [1.82, 2.24) is 20.0 Å². The standard InChI is InChI=1S/C17H28N4O/c1-15(18-17(22)19(2)3)13-20-9-11-21(12-10-20)14-16-7-5-4-6-8-16/h4-8,15H,9-14H2,1-3H3,(H,18,22)/t15-/m0/s1. The highest BCUT2D eigenvalue weighted by Crippen LogP contribution is 2.08. The van der Waals surface area contributed by atoms with Gasteiger partial charge in [-0.3, -0.25) is 9.80 Å². The van der Waals surface area contributed by atoms with Crippen molar-refractivity contribution in [3.05, 3.63) is 35.9 Å². The zero-order valence-electron chi connectivity index (χ0n) is 14.0. The lowest BCUT2D eigenvalue weighted by Gasteiger charge is -2.36. The average Bonchev–Trinajstić information content (AvgIpc) is 2.50. The van der Waals surface area contributed by atoms with Crippen LogP contribution in [0.3, 0.4) is 0 Å². The van der Waals surface area contributed by atoms with Gasteiger partial charge >= 0.3 is 6.03 Å². The lowest BCUT2D eigenvalue weighted by molar-refractivity contribution is 0.119. The van der Waals surface area contributed by atoms with Crippen LogP contribution in [0.5, 0.6) is 0 Å². The fraction of sp³-hybridized carbons (Fsp3) is 0.588. The van der Waals surface area contributed by atoms with Crippen molar-refractivity contribution < 1.29 is 4.79 Å². The van der Waals surface area contributed by atoms with Gasteiger partial charge < -0.3 is 10.2 Å².